The summed E-state index contributed by atoms with van der Waals surface area (Å²) in [5.74, 6) is 1.13. The van der Waals surface area contributed by atoms with Gasteiger partial charge in [0.1, 0.15) is 5.52 Å². The number of ether oxygens (including phenoxy) is 1. The van der Waals surface area contributed by atoms with Crippen LogP contribution in [-0.4, -0.2) is 18.2 Å². The lowest BCUT2D eigenvalue weighted by Gasteiger charge is -2.18. The molecule has 1 aromatic heterocycles. The number of benzene rings is 1. The third-order valence-corrected chi connectivity index (χ3v) is 3.10. The first-order valence-electron chi connectivity index (χ1n) is 5.75. The minimum atomic E-state index is 0.349. The van der Waals surface area contributed by atoms with Crippen molar-refractivity contribution in [1.82, 2.24) is 4.98 Å². The third-order valence-electron chi connectivity index (χ3n) is 3.10. The molecule has 0 bridgehead atoms. The van der Waals surface area contributed by atoms with Crippen LogP contribution in [0.25, 0.3) is 11.1 Å². The molecule has 4 nitrogen and oxygen atoms in total. The highest BCUT2D eigenvalue weighted by Crippen LogP contribution is 2.29. The minimum absolute atomic E-state index is 0.349. The van der Waals surface area contributed by atoms with E-state index in [1.54, 1.807) is 12.1 Å². The Morgan fingerprint density at radius 3 is 2.88 bits per heavy atom. The molecule has 0 aliphatic carbocycles. The Balaban J connectivity index is 1.98. The van der Waals surface area contributed by atoms with Crippen LogP contribution in [0, 0.1) is 11.3 Å². The van der Waals surface area contributed by atoms with Gasteiger partial charge in [0.25, 0.3) is 0 Å². The maximum Gasteiger partial charge on any atom is 0.198 e. The summed E-state index contributed by atoms with van der Waals surface area (Å²) < 4.78 is 11.1. The molecule has 0 atom stereocenters. The van der Waals surface area contributed by atoms with Gasteiger partial charge < -0.3 is 9.15 Å². The molecule has 1 aliphatic heterocycles. The van der Waals surface area contributed by atoms with E-state index in [0.717, 1.165) is 43.0 Å². The monoisotopic (exact) mass is 228 g/mol. The summed E-state index contributed by atoms with van der Waals surface area (Å²) in [6, 6.07) is 7.43. The molecule has 86 valence electrons. The van der Waals surface area contributed by atoms with Crippen LogP contribution in [0.3, 0.4) is 0 Å². The highest BCUT2D eigenvalue weighted by atomic mass is 16.5. The molecule has 2 aromatic rings. The van der Waals surface area contributed by atoms with Crippen molar-refractivity contribution < 1.29 is 9.15 Å². The number of nitrogens with zero attached hydrogens (tertiary/aromatic N) is 2. The van der Waals surface area contributed by atoms with Crippen LogP contribution in [0.2, 0.25) is 0 Å². The lowest BCUT2D eigenvalue weighted by atomic mass is 10.0. The van der Waals surface area contributed by atoms with Crippen LogP contribution >= 0.6 is 0 Å². The van der Waals surface area contributed by atoms with Gasteiger partial charge in [-0.15, -0.1) is 0 Å². The maximum absolute atomic E-state index is 8.83. The van der Waals surface area contributed by atoms with Crippen molar-refractivity contribution >= 4 is 11.1 Å². The summed E-state index contributed by atoms with van der Waals surface area (Å²) in [5, 5.41) is 8.83. The molecule has 0 unspecified atom stereocenters. The largest absolute Gasteiger partial charge is 0.440 e. The van der Waals surface area contributed by atoms with Crippen LogP contribution in [0.4, 0.5) is 0 Å². The van der Waals surface area contributed by atoms with Gasteiger partial charge in [0.05, 0.1) is 11.6 Å². The molecule has 0 saturated carbocycles. The summed E-state index contributed by atoms with van der Waals surface area (Å²) in [7, 11) is 0. The zero-order valence-electron chi connectivity index (χ0n) is 9.35. The molecule has 1 saturated heterocycles. The topological polar surface area (TPSA) is 59.0 Å². The Kier molecular flexibility index (Phi) is 2.54. The lowest BCUT2D eigenvalue weighted by Crippen LogP contribution is -2.14. The predicted molar refractivity (Wildman–Crippen MR) is 61.5 cm³/mol. The second kappa shape index (κ2) is 4.19. The second-order valence-corrected chi connectivity index (χ2v) is 4.23. The molecule has 1 aromatic carbocycles. The first kappa shape index (κ1) is 10.3. The fourth-order valence-electron chi connectivity index (χ4n) is 2.13. The highest BCUT2D eigenvalue weighted by Gasteiger charge is 2.21. The van der Waals surface area contributed by atoms with Gasteiger partial charge in [-0.25, -0.2) is 4.98 Å². The Morgan fingerprint density at radius 1 is 1.29 bits per heavy atom. The molecule has 0 radical (unpaired) electrons. The average molecular weight is 228 g/mol. The molecule has 3 rings (SSSR count). The van der Waals surface area contributed by atoms with Crippen molar-refractivity contribution in [3.8, 4) is 6.07 Å². The van der Waals surface area contributed by atoms with Gasteiger partial charge in [0.15, 0.2) is 11.5 Å². The predicted octanol–water partition coefficient (Wildman–Crippen LogP) is 2.59. The third kappa shape index (κ3) is 1.90. The van der Waals surface area contributed by atoms with Gasteiger partial charge >= 0.3 is 0 Å². The summed E-state index contributed by atoms with van der Waals surface area (Å²) in [4.78, 5) is 4.47. The van der Waals surface area contributed by atoms with Gasteiger partial charge in [-0.3, -0.25) is 0 Å². The smallest absolute Gasteiger partial charge is 0.198 e. The van der Waals surface area contributed by atoms with E-state index in [1.807, 2.05) is 6.07 Å². The quantitative estimate of drug-likeness (QED) is 0.752. The van der Waals surface area contributed by atoms with Crippen LogP contribution in [0.1, 0.15) is 30.2 Å². The molecule has 1 fully saturated rings. The van der Waals surface area contributed by atoms with E-state index in [1.165, 1.54) is 0 Å². The Labute approximate surface area is 98.8 Å². The molecule has 0 spiro atoms. The van der Waals surface area contributed by atoms with E-state index in [-0.39, 0.29) is 0 Å². The van der Waals surface area contributed by atoms with Crippen LogP contribution < -0.4 is 0 Å². The summed E-state index contributed by atoms with van der Waals surface area (Å²) >= 11 is 0. The molecular weight excluding hydrogens is 216 g/mol. The first-order chi connectivity index (χ1) is 8.36. The first-order valence-corrected chi connectivity index (χ1v) is 5.75. The van der Waals surface area contributed by atoms with Crippen LogP contribution in [-0.2, 0) is 4.74 Å². The number of fused-ring (bicyclic) bond motifs is 1. The van der Waals surface area contributed by atoms with Crippen molar-refractivity contribution in [2.75, 3.05) is 13.2 Å². The number of aromatic nitrogens is 1. The summed E-state index contributed by atoms with van der Waals surface area (Å²) in [5.41, 5.74) is 2.14. The Bertz CT molecular complexity index is 577. The van der Waals surface area contributed by atoms with Crippen LogP contribution in [0.15, 0.2) is 22.6 Å². The number of nitriles is 1. The SMILES string of the molecule is N#Cc1ccc2oc(C3CCOCC3)nc2c1. The van der Waals surface area contributed by atoms with E-state index >= 15 is 0 Å². The van der Waals surface area contributed by atoms with Crippen molar-refractivity contribution in [2.24, 2.45) is 0 Å². The van der Waals surface area contributed by atoms with E-state index in [2.05, 4.69) is 11.1 Å². The molecule has 17 heavy (non-hydrogen) atoms. The van der Waals surface area contributed by atoms with Crippen molar-refractivity contribution in [3.05, 3.63) is 29.7 Å². The summed E-state index contributed by atoms with van der Waals surface area (Å²) in [6.07, 6.45) is 1.91. The lowest BCUT2D eigenvalue weighted by molar-refractivity contribution is 0.0798. The second-order valence-electron chi connectivity index (χ2n) is 4.23. The highest BCUT2D eigenvalue weighted by molar-refractivity contribution is 5.74. The molecule has 4 heteroatoms. The standard InChI is InChI=1S/C13H12N2O2/c14-8-9-1-2-12-11(7-9)15-13(17-12)10-3-5-16-6-4-10/h1-2,7,10H,3-6H2. The zero-order chi connectivity index (χ0) is 11.7. The van der Waals surface area contributed by atoms with Crippen molar-refractivity contribution in [2.45, 2.75) is 18.8 Å². The summed E-state index contributed by atoms with van der Waals surface area (Å²) in [6.45, 7) is 1.54. The zero-order valence-corrected chi connectivity index (χ0v) is 9.35. The van der Waals surface area contributed by atoms with Gasteiger partial charge in [0.2, 0.25) is 0 Å². The molecule has 0 amide bonds. The molecule has 1 aliphatic rings. The van der Waals surface area contributed by atoms with E-state index in [4.69, 9.17) is 14.4 Å². The van der Waals surface area contributed by atoms with E-state index < -0.39 is 0 Å². The number of oxazole rings is 1. The fraction of sp³-hybridized carbons (Fsp3) is 0.385. The molecular formula is C13H12N2O2. The average Bonchev–Trinajstić information content (AvgIpc) is 2.82. The van der Waals surface area contributed by atoms with Crippen molar-refractivity contribution in [1.29, 1.82) is 5.26 Å². The van der Waals surface area contributed by atoms with Gasteiger partial charge in [-0.2, -0.15) is 5.26 Å². The van der Waals surface area contributed by atoms with Gasteiger partial charge in [-0.05, 0) is 31.0 Å². The van der Waals surface area contributed by atoms with Crippen LogP contribution in [0.5, 0.6) is 0 Å². The fourth-order valence-corrected chi connectivity index (χ4v) is 2.13. The van der Waals surface area contributed by atoms with E-state index in [0.29, 0.717) is 11.5 Å². The number of hydrogen-bond acceptors (Lipinski definition) is 4. The molecule has 2 heterocycles. The van der Waals surface area contributed by atoms with Gasteiger partial charge in [-0.1, -0.05) is 0 Å². The minimum Gasteiger partial charge on any atom is -0.440 e. The normalized spacial score (nSPS) is 17.1. The maximum atomic E-state index is 8.83. The molecule has 0 N–H and O–H groups in total. The van der Waals surface area contributed by atoms with Crippen molar-refractivity contribution in [3.63, 3.8) is 0 Å². The Morgan fingerprint density at radius 2 is 2.12 bits per heavy atom. The number of hydrogen-bond donors (Lipinski definition) is 0. The Hall–Kier alpha value is -1.86. The number of rotatable bonds is 1. The van der Waals surface area contributed by atoms with E-state index in [9.17, 15) is 0 Å². The van der Waals surface area contributed by atoms with Gasteiger partial charge in [0, 0.05) is 19.1 Å².